The topological polar surface area (TPSA) is 17.1 Å². The summed E-state index contributed by atoms with van der Waals surface area (Å²) in [5, 5.41) is 0. The number of rotatable bonds is 3. The zero-order valence-corrected chi connectivity index (χ0v) is 11.0. The van der Waals surface area contributed by atoms with Gasteiger partial charge in [-0.3, -0.25) is 4.79 Å². The van der Waals surface area contributed by atoms with Crippen molar-refractivity contribution in [2.45, 2.75) is 51.9 Å². The highest BCUT2D eigenvalue weighted by molar-refractivity contribution is 5.83. The van der Waals surface area contributed by atoms with Gasteiger partial charge in [0.15, 0.2) is 0 Å². The first-order chi connectivity index (χ1) is 8.66. The van der Waals surface area contributed by atoms with E-state index in [1.807, 2.05) is 6.92 Å². The summed E-state index contributed by atoms with van der Waals surface area (Å²) < 4.78 is 13.2. The Kier molecular flexibility index (Phi) is 4.51. The van der Waals surface area contributed by atoms with Gasteiger partial charge in [-0.2, -0.15) is 0 Å². The Balaban J connectivity index is 2.03. The second kappa shape index (κ2) is 6.12. The predicted octanol–water partition coefficient (Wildman–Crippen LogP) is 4.22. The van der Waals surface area contributed by atoms with Crippen LogP contribution in [-0.2, 0) is 11.2 Å². The minimum Gasteiger partial charge on any atom is -0.299 e. The van der Waals surface area contributed by atoms with Crippen molar-refractivity contribution in [3.05, 3.63) is 35.1 Å². The molecule has 0 aromatic heterocycles. The molecule has 0 aliphatic heterocycles. The number of carbonyl (C=O) groups excluding carboxylic acids is 1. The van der Waals surface area contributed by atoms with Crippen LogP contribution >= 0.6 is 0 Å². The van der Waals surface area contributed by atoms with Crippen molar-refractivity contribution < 1.29 is 9.18 Å². The molecule has 2 heteroatoms. The molecule has 0 bridgehead atoms. The van der Waals surface area contributed by atoms with E-state index in [1.165, 1.54) is 37.8 Å². The molecular formula is C16H21FO. The molecule has 1 aliphatic rings. The monoisotopic (exact) mass is 248 g/mol. The lowest BCUT2D eigenvalue weighted by Gasteiger charge is -2.13. The Labute approximate surface area is 108 Å². The van der Waals surface area contributed by atoms with E-state index in [2.05, 4.69) is 0 Å². The Morgan fingerprint density at radius 3 is 2.56 bits per heavy atom. The molecule has 0 spiro atoms. The van der Waals surface area contributed by atoms with Crippen molar-refractivity contribution >= 4 is 5.78 Å². The van der Waals surface area contributed by atoms with Gasteiger partial charge in [0.25, 0.3) is 0 Å². The van der Waals surface area contributed by atoms with Crippen LogP contribution in [0.4, 0.5) is 4.39 Å². The summed E-state index contributed by atoms with van der Waals surface area (Å²) >= 11 is 0. The fraction of sp³-hybridized carbons (Fsp3) is 0.562. The van der Waals surface area contributed by atoms with Gasteiger partial charge in [-0.05, 0) is 43.0 Å². The van der Waals surface area contributed by atoms with E-state index < -0.39 is 0 Å². The summed E-state index contributed by atoms with van der Waals surface area (Å²) in [6.45, 7) is 1.94. The van der Waals surface area contributed by atoms with Crippen LogP contribution in [0.3, 0.4) is 0 Å². The number of hydrogen-bond acceptors (Lipinski definition) is 1. The number of hydrogen-bond donors (Lipinski definition) is 0. The predicted molar refractivity (Wildman–Crippen MR) is 71.0 cm³/mol. The number of benzene rings is 1. The molecular weight excluding hydrogens is 227 g/mol. The van der Waals surface area contributed by atoms with E-state index >= 15 is 0 Å². The van der Waals surface area contributed by atoms with Gasteiger partial charge in [0.1, 0.15) is 11.6 Å². The van der Waals surface area contributed by atoms with Crippen LogP contribution in [0.2, 0.25) is 0 Å². The first-order valence-corrected chi connectivity index (χ1v) is 6.94. The zero-order chi connectivity index (χ0) is 13.0. The van der Waals surface area contributed by atoms with Crippen molar-refractivity contribution in [1.82, 2.24) is 0 Å². The summed E-state index contributed by atoms with van der Waals surface area (Å²) in [5.74, 6) is 0.255. The van der Waals surface area contributed by atoms with E-state index in [1.54, 1.807) is 6.07 Å². The summed E-state index contributed by atoms with van der Waals surface area (Å²) in [5.41, 5.74) is 1.86. The highest BCUT2D eigenvalue weighted by Crippen LogP contribution is 2.25. The molecule has 0 amide bonds. The Morgan fingerprint density at radius 1 is 1.22 bits per heavy atom. The minimum atomic E-state index is -0.246. The standard InChI is InChI=1S/C16H21FO/c1-12-8-9-15(17)10-14(12)11-16(18)13-6-4-2-3-5-7-13/h8-10,13H,2-7,11H2,1H3. The second-order valence-electron chi connectivity index (χ2n) is 5.40. The molecule has 1 saturated carbocycles. The van der Waals surface area contributed by atoms with Gasteiger partial charge in [0, 0.05) is 12.3 Å². The molecule has 1 nitrogen and oxygen atoms in total. The number of carbonyl (C=O) groups is 1. The third-order valence-corrected chi connectivity index (χ3v) is 3.99. The molecule has 0 atom stereocenters. The Bertz CT molecular complexity index is 417. The largest absolute Gasteiger partial charge is 0.299 e. The van der Waals surface area contributed by atoms with Crippen LogP contribution in [0.1, 0.15) is 49.7 Å². The van der Waals surface area contributed by atoms with Gasteiger partial charge >= 0.3 is 0 Å². The van der Waals surface area contributed by atoms with Crippen molar-refractivity contribution in [1.29, 1.82) is 0 Å². The molecule has 1 aromatic carbocycles. The van der Waals surface area contributed by atoms with Crippen molar-refractivity contribution in [2.24, 2.45) is 5.92 Å². The van der Waals surface area contributed by atoms with Gasteiger partial charge in [-0.1, -0.05) is 31.7 Å². The Hall–Kier alpha value is -1.18. The van der Waals surface area contributed by atoms with Crippen molar-refractivity contribution in [3.63, 3.8) is 0 Å². The fourth-order valence-electron chi connectivity index (χ4n) is 2.76. The molecule has 0 heterocycles. The summed E-state index contributed by atoms with van der Waals surface area (Å²) in [6.07, 6.45) is 7.28. The molecule has 1 aliphatic carbocycles. The highest BCUT2D eigenvalue weighted by Gasteiger charge is 2.20. The third kappa shape index (κ3) is 3.41. The molecule has 0 saturated heterocycles. The van der Waals surface area contributed by atoms with Crippen LogP contribution in [0.25, 0.3) is 0 Å². The minimum absolute atomic E-state index is 0.204. The number of ketones is 1. The van der Waals surface area contributed by atoms with Crippen LogP contribution in [0.5, 0.6) is 0 Å². The van der Waals surface area contributed by atoms with Crippen molar-refractivity contribution in [2.75, 3.05) is 0 Å². The number of Topliss-reactive ketones (excluding diaryl/α,β-unsaturated/α-hetero) is 1. The molecule has 98 valence electrons. The second-order valence-corrected chi connectivity index (χ2v) is 5.40. The first kappa shape index (κ1) is 13.3. The van der Waals surface area contributed by atoms with E-state index in [4.69, 9.17) is 0 Å². The summed E-state index contributed by atoms with van der Waals surface area (Å²) in [7, 11) is 0. The SMILES string of the molecule is Cc1ccc(F)cc1CC(=O)C1CCCCCC1. The molecule has 0 N–H and O–H groups in total. The Morgan fingerprint density at radius 2 is 1.89 bits per heavy atom. The van der Waals surface area contributed by atoms with Crippen LogP contribution in [0, 0.1) is 18.7 Å². The smallest absolute Gasteiger partial charge is 0.140 e. The maximum atomic E-state index is 13.2. The van der Waals surface area contributed by atoms with Gasteiger partial charge < -0.3 is 0 Å². The molecule has 0 unspecified atom stereocenters. The normalized spacial score (nSPS) is 17.4. The van der Waals surface area contributed by atoms with Gasteiger partial charge in [0.05, 0.1) is 0 Å². The number of halogens is 1. The molecule has 2 rings (SSSR count). The highest BCUT2D eigenvalue weighted by atomic mass is 19.1. The summed E-state index contributed by atoms with van der Waals surface area (Å²) in [4.78, 5) is 12.3. The van der Waals surface area contributed by atoms with E-state index in [0.717, 1.165) is 24.0 Å². The quantitative estimate of drug-likeness (QED) is 0.732. The molecule has 0 radical (unpaired) electrons. The number of aryl methyl sites for hydroxylation is 1. The van der Waals surface area contributed by atoms with Crippen LogP contribution in [-0.4, -0.2) is 5.78 Å². The first-order valence-electron chi connectivity index (χ1n) is 6.94. The van der Waals surface area contributed by atoms with Gasteiger partial charge in [-0.15, -0.1) is 0 Å². The third-order valence-electron chi connectivity index (χ3n) is 3.99. The molecule has 18 heavy (non-hydrogen) atoms. The van der Waals surface area contributed by atoms with Crippen molar-refractivity contribution in [3.8, 4) is 0 Å². The average molecular weight is 248 g/mol. The lowest BCUT2D eigenvalue weighted by atomic mass is 9.90. The van der Waals surface area contributed by atoms with E-state index in [9.17, 15) is 9.18 Å². The summed E-state index contributed by atoms with van der Waals surface area (Å²) in [6, 6.07) is 4.71. The van der Waals surface area contributed by atoms with E-state index in [-0.39, 0.29) is 11.7 Å². The lowest BCUT2D eigenvalue weighted by molar-refractivity contribution is -0.122. The maximum Gasteiger partial charge on any atom is 0.140 e. The van der Waals surface area contributed by atoms with Gasteiger partial charge in [-0.25, -0.2) is 4.39 Å². The zero-order valence-electron chi connectivity index (χ0n) is 11.0. The fourth-order valence-corrected chi connectivity index (χ4v) is 2.76. The van der Waals surface area contributed by atoms with Crippen LogP contribution < -0.4 is 0 Å². The lowest BCUT2D eigenvalue weighted by Crippen LogP contribution is -2.16. The van der Waals surface area contributed by atoms with Crippen LogP contribution in [0.15, 0.2) is 18.2 Å². The average Bonchev–Trinajstić information content (AvgIpc) is 2.62. The van der Waals surface area contributed by atoms with Gasteiger partial charge in [0.2, 0.25) is 0 Å². The maximum absolute atomic E-state index is 13.2. The molecule has 1 fully saturated rings. The molecule has 1 aromatic rings. The van der Waals surface area contributed by atoms with E-state index in [0.29, 0.717) is 12.2 Å².